The summed E-state index contributed by atoms with van der Waals surface area (Å²) in [4.78, 5) is 26.9. The average molecular weight is 314 g/mol. The van der Waals surface area contributed by atoms with Gasteiger partial charge in [-0.2, -0.15) is 0 Å². The van der Waals surface area contributed by atoms with Crippen molar-refractivity contribution in [2.24, 2.45) is 34.5 Å². The minimum absolute atomic E-state index is 0.0595. The second-order valence-corrected chi connectivity index (χ2v) is 8.57. The maximum atomic E-state index is 13.5. The molecule has 0 aromatic carbocycles. The lowest BCUT2D eigenvalue weighted by Crippen LogP contribution is -2.66. The topological polar surface area (TPSA) is 54.4 Å². The Morgan fingerprint density at radius 3 is 2.52 bits per heavy atom. The minimum Gasteiger partial charge on any atom is -0.504 e. The third-order valence-electron chi connectivity index (χ3n) is 7.71. The summed E-state index contributed by atoms with van der Waals surface area (Å²) in [5.74, 6) is 0.662. The van der Waals surface area contributed by atoms with Crippen molar-refractivity contribution >= 4 is 11.6 Å². The van der Waals surface area contributed by atoms with E-state index in [2.05, 4.69) is 26.8 Å². The van der Waals surface area contributed by atoms with Gasteiger partial charge in [-0.1, -0.05) is 25.5 Å². The molecule has 4 aliphatic rings. The number of hydrogen-bond acceptors (Lipinski definition) is 3. The molecule has 0 aromatic heterocycles. The summed E-state index contributed by atoms with van der Waals surface area (Å²) in [5.41, 5.74) is 0.194. The predicted molar refractivity (Wildman–Crippen MR) is 87.7 cm³/mol. The number of aliphatic hydroxyl groups is 1. The normalized spacial score (nSPS) is 49.0. The molecule has 6 atom stereocenters. The quantitative estimate of drug-likeness (QED) is 0.688. The maximum absolute atomic E-state index is 13.5. The number of carbonyl (C=O) groups is 2. The molecular weight excluding hydrogens is 288 g/mol. The van der Waals surface area contributed by atoms with Crippen molar-refractivity contribution < 1.29 is 14.7 Å². The fraction of sp³-hybridized carbons (Fsp3) is 0.700. The monoisotopic (exact) mass is 314 g/mol. The predicted octanol–water partition coefficient (Wildman–Crippen LogP) is 4.00. The number of carbonyl (C=O) groups excluding carboxylic acids is 2. The highest BCUT2D eigenvalue weighted by Gasteiger charge is 2.76. The zero-order chi connectivity index (χ0) is 16.7. The van der Waals surface area contributed by atoms with Gasteiger partial charge in [0.05, 0.1) is 10.8 Å². The molecule has 0 heterocycles. The van der Waals surface area contributed by atoms with Gasteiger partial charge in [0.2, 0.25) is 5.78 Å². The first-order chi connectivity index (χ1) is 10.8. The number of Topliss-reactive ketones (excluding diaryl/α,β-unsaturated/α-hetero) is 2. The van der Waals surface area contributed by atoms with Crippen LogP contribution in [0, 0.1) is 34.5 Å². The molecule has 0 aliphatic heterocycles. The second kappa shape index (κ2) is 4.37. The van der Waals surface area contributed by atoms with Crippen LogP contribution in [-0.4, -0.2) is 16.7 Å². The molecule has 0 unspecified atom stereocenters. The third kappa shape index (κ3) is 1.39. The highest BCUT2D eigenvalue weighted by molar-refractivity contribution is 6.17. The summed E-state index contributed by atoms with van der Waals surface area (Å²) in [6.45, 7) is 8.09. The van der Waals surface area contributed by atoms with Gasteiger partial charge in [0.25, 0.3) is 0 Å². The van der Waals surface area contributed by atoms with E-state index in [0.717, 1.165) is 19.3 Å². The van der Waals surface area contributed by atoms with Crippen molar-refractivity contribution in [3.63, 3.8) is 0 Å². The molecule has 0 bridgehead atoms. The lowest BCUT2D eigenvalue weighted by molar-refractivity contribution is -0.174. The third-order valence-corrected chi connectivity index (χ3v) is 7.71. The van der Waals surface area contributed by atoms with Gasteiger partial charge in [0.15, 0.2) is 11.5 Å². The molecule has 0 aromatic rings. The zero-order valence-electron chi connectivity index (χ0n) is 14.5. The summed E-state index contributed by atoms with van der Waals surface area (Å²) in [7, 11) is 0. The van der Waals surface area contributed by atoms with E-state index in [4.69, 9.17) is 0 Å². The summed E-state index contributed by atoms with van der Waals surface area (Å²) >= 11 is 0. The van der Waals surface area contributed by atoms with Crippen LogP contribution in [0.2, 0.25) is 0 Å². The van der Waals surface area contributed by atoms with Crippen LogP contribution in [0.15, 0.2) is 23.0 Å². The SMILES string of the molecule is CC1=C[C@@H]2C[C@H](C)[C@H]3CC[C@@H](C)[C@]4(C1)C(=O)C(O)=C(C)C(=O)[C@]234. The molecular formula is C20H26O3. The molecule has 3 heteroatoms. The van der Waals surface area contributed by atoms with E-state index < -0.39 is 10.8 Å². The Kier molecular flexibility index (Phi) is 2.88. The van der Waals surface area contributed by atoms with Gasteiger partial charge in [0.1, 0.15) is 0 Å². The Labute approximate surface area is 137 Å². The lowest BCUT2D eigenvalue weighted by Gasteiger charge is -2.62. The van der Waals surface area contributed by atoms with E-state index in [-0.39, 0.29) is 35.1 Å². The molecule has 2 saturated carbocycles. The lowest BCUT2D eigenvalue weighted by atomic mass is 9.38. The van der Waals surface area contributed by atoms with E-state index in [1.54, 1.807) is 6.92 Å². The van der Waals surface area contributed by atoms with Crippen molar-refractivity contribution in [3.8, 4) is 0 Å². The van der Waals surface area contributed by atoms with Gasteiger partial charge < -0.3 is 5.11 Å². The summed E-state index contributed by atoms with van der Waals surface area (Å²) in [6, 6.07) is 0. The number of rotatable bonds is 0. The van der Waals surface area contributed by atoms with Gasteiger partial charge in [0, 0.05) is 5.57 Å². The zero-order valence-corrected chi connectivity index (χ0v) is 14.5. The van der Waals surface area contributed by atoms with Crippen molar-refractivity contribution in [2.75, 3.05) is 0 Å². The second-order valence-electron chi connectivity index (χ2n) is 8.57. The number of ketones is 2. The van der Waals surface area contributed by atoms with Crippen LogP contribution in [0.5, 0.6) is 0 Å². The van der Waals surface area contributed by atoms with Crippen LogP contribution in [0.3, 0.4) is 0 Å². The van der Waals surface area contributed by atoms with Gasteiger partial charge in [-0.05, 0) is 63.2 Å². The van der Waals surface area contributed by atoms with Crippen LogP contribution in [0.4, 0.5) is 0 Å². The Morgan fingerprint density at radius 1 is 1.13 bits per heavy atom. The minimum atomic E-state index is -0.717. The number of aliphatic hydroxyl groups excluding tert-OH is 1. The number of allylic oxidation sites excluding steroid dienone is 4. The van der Waals surface area contributed by atoms with Crippen molar-refractivity contribution in [2.45, 2.75) is 53.4 Å². The highest BCUT2D eigenvalue weighted by Crippen LogP contribution is 2.73. The molecule has 0 radical (unpaired) electrons. The van der Waals surface area contributed by atoms with Crippen LogP contribution in [0.1, 0.15) is 53.4 Å². The van der Waals surface area contributed by atoms with Gasteiger partial charge in [-0.15, -0.1) is 0 Å². The van der Waals surface area contributed by atoms with Crippen molar-refractivity contribution in [3.05, 3.63) is 23.0 Å². The molecule has 4 aliphatic carbocycles. The molecule has 124 valence electrons. The molecule has 23 heavy (non-hydrogen) atoms. The summed E-state index contributed by atoms with van der Waals surface area (Å²) < 4.78 is 0. The maximum Gasteiger partial charge on any atom is 0.205 e. The molecule has 0 amide bonds. The van der Waals surface area contributed by atoms with E-state index in [9.17, 15) is 14.7 Å². The van der Waals surface area contributed by atoms with E-state index in [1.807, 2.05) is 0 Å². The first kappa shape index (κ1) is 15.2. The molecule has 2 fully saturated rings. The van der Waals surface area contributed by atoms with Crippen LogP contribution < -0.4 is 0 Å². The first-order valence-electron chi connectivity index (χ1n) is 8.95. The van der Waals surface area contributed by atoms with Crippen molar-refractivity contribution in [1.82, 2.24) is 0 Å². The van der Waals surface area contributed by atoms with E-state index in [1.165, 1.54) is 5.57 Å². The van der Waals surface area contributed by atoms with E-state index in [0.29, 0.717) is 17.9 Å². The van der Waals surface area contributed by atoms with E-state index >= 15 is 0 Å². The Bertz CT molecular complexity index is 685. The Balaban J connectivity index is 2.10. The first-order valence-corrected chi connectivity index (χ1v) is 8.95. The summed E-state index contributed by atoms with van der Waals surface area (Å²) in [5, 5.41) is 10.4. The van der Waals surface area contributed by atoms with Crippen molar-refractivity contribution in [1.29, 1.82) is 0 Å². The standard InChI is InChI=1S/C20H26O3/c1-10-7-14-8-11(2)15-6-5-12(3)19(9-10)18(23)16(21)13(4)17(22)20(14,15)19/h7,11-12,14-15,21H,5-6,8-9H2,1-4H3/t11-,12+,14+,15+,19+,20-/m0/s1. The summed E-state index contributed by atoms with van der Waals surface area (Å²) in [6.07, 6.45) is 5.90. The van der Waals surface area contributed by atoms with Gasteiger partial charge in [-0.3, -0.25) is 9.59 Å². The van der Waals surface area contributed by atoms with Crippen LogP contribution in [0.25, 0.3) is 0 Å². The fourth-order valence-corrected chi connectivity index (χ4v) is 6.92. The Hall–Kier alpha value is -1.38. The Morgan fingerprint density at radius 2 is 1.83 bits per heavy atom. The smallest absolute Gasteiger partial charge is 0.205 e. The highest BCUT2D eigenvalue weighted by atomic mass is 16.3. The fourth-order valence-electron chi connectivity index (χ4n) is 6.92. The number of hydrogen-bond donors (Lipinski definition) is 1. The molecule has 3 nitrogen and oxygen atoms in total. The molecule has 4 rings (SSSR count). The molecule has 1 spiro atoms. The van der Waals surface area contributed by atoms with Gasteiger partial charge >= 0.3 is 0 Å². The van der Waals surface area contributed by atoms with Gasteiger partial charge in [-0.25, -0.2) is 0 Å². The van der Waals surface area contributed by atoms with Crippen LogP contribution in [-0.2, 0) is 9.59 Å². The molecule has 1 N–H and O–H groups in total. The van der Waals surface area contributed by atoms with Crippen LogP contribution >= 0.6 is 0 Å². The molecule has 0 saturated heterocycles. The average Bonchev–Trinajstić information content (AvgIpc) is 2.79. The largest absolute Gasteiger partial charge is 0.504 e.